The fraction of sp³-hybridized carbons (Fsp3) is 0.188. The zero-order chi connectivity index (χ0) is 14.1. The molecule has 3 rings (SSSR count). The molecule has 0 unspecified atom stereocenters. The lowest BCUT2D eigenvalue weighted by atomic mass is 10.1. The van der Waals surface area contributed by atoms with E-state index in [0.29, 0.717) is 0 Å². The number of rotatable bonds is 3. The van der Waals surface area contributed by atoms with Crippen LogP contribution in [0.4, 0.5) is 0 Å². The molecule has 0 saturated carbocycles. The zero-order valence-electron chi connectivity index (χ0n) is 11.5. The van der Waals surface area contributed by atoms with Crippen molar-refractivity contribution in [1.29, 1.82) is 0 Å². The highest BCUT2D eigenvalue weighted by atomic mass is 32.1. The molecule has 20 heavy (non-hydrogen) atoms. The van der Waals surface area contributed by atoms with E-state index in [0.717, 1.165) is 28.1 Å². The van der Waals surface area contributed by atoms with Crippen molar-refractivity contribution in [2.75, 3.05) is 7.11 Å². The van der Waals surface area contributed by atoms with Crippen molar-refractivity contribution in [2.45, 2.75) is 13.5 Å². The monoisotopic (exact) mass is 284 g/mol. The molecule has 0 spiro atoms. The van der Waals surface area contributed by atoms with E-state index in [1.54, 1.807) is 7.11 Å². The number of aromatic amines is 1. The second-order valence-corrected chi connectivity index (χ2v) is 5.27. The molecule has 1 aromatic heterocycles. The van der Waals surface area contributed by atoms with E-state index in [4.69, 9.17) is 17.0 Å². The number of nitrogens with zero attached hydrogens (tertiary/aromatic N) is 1. The summed E-state index contributed by atoms with van der Waals surface area (Å²) in [4.78, 5) is 3.23. The summed E-state index contributed by atoms with van der Waals surface area (Å²) in [6.07, 6.45) is 0. The summed E-state index contributed by atoms with van der Waals surface area (Å²) < 4.78 is 8.08. The van der Waals surface area contributed by atoms with Crippen LogP contribution in [-0.2, 0) is 6.54 Å². The highest BCUT2D eigenvalue weighted by Gasteiger charge is 2.06. The maximum atomic E-state index is 5.42. The van der Waals surface area contributed by atoms with E-state index in [1.807, 2.05) is 18.2 Å². The highest BCUT2D eigenvalue weighted by Crippen LogP contribution is 2.21. The average Bonchev–Trinajstić information content (AvgIpc) is 2.76. The van der Waals surface area contributed by atoms with Crippen LogP contribution in [0.15, 0.2) is 42.5 Å². The Labute approximate surface area is 122 Å². The van der Waals surface area contributed by atoms with Gasteiger partial charge in [-0.2, -0.15) is 0 Å². The Morgan fingerprint density at radius 1 is 1.15 bits per heavy atom. The van der Waals surface area contributed by atoms with Crippen molar-refractivity contribution >= 4 is 23.3 Å². The molecule has 1 N–H and O–H groups in total. The minimum absolute atomic E-state index is 0.730. The predicted octanol–water partition coefficient (Wildman–Crippen LogP) is 4.06. The van der Waals surface area contributed by atoms with Crippen LogP contribution in [0.3, 0.4) is 0 Å². The molecule has 0 bridgehead atoms. The molecule has 0 aliphatic rings. The first-order valence-corrected chi connectivity index (χ1v) is 6.90. The second-order valence-electron chi connectivity index (χ2n) is 4.88. The molecule has 0 saturated heterocycles. The van der Waals surface area contributed by atoms with E-state index in [9.17, 15) is 0 Å². The SMILES string of the molecule is COc1ccc2c(c1)[nH]c(=S)n2Cc1ccc(C)cc1. The molecule has 0 amide bonds. The standard InChI is InChI=1S/C16H16N2OS/c1-11-3-5-12(6-4-11)10-18-15-8-7-13(19-2)9-14(15)17-16(18)20/h3-9H,10H2,1-2H3,(H,17,20). The number of hydrogen-bond donors (Lipinski definition) is 1. The number of H-pyrrole nitrogens is 1. The van der Waals surface area contributed by atoms with Crippen LogP contribution in [0.2, 0.25) is 0 Å². The molecule has 0 aliphatic carbocycles. The first kappa shape index (κ1) is 12.9. The summed E-state index contributed by atoms with van der Waals surface area (Å²) in [5, 5.41) is 0. The third-order valence-corrected chi connectivity index (χ3v) is 3.77. The third kappa shape index (κ3) is 2.34. The van der Waals surface area contributed by atoms with Crippen LogP contribution in [0, 0.1) is 11.7 Å². The zero-order valence-corrected chi connectivity index (χ0v) is 12.3. The van der Waals surface area contributed by atoms with E-state index in [2.05, 4.69) is 40.7 Å². The molecule has 2 aromatic carbocycles. The molecule has 0 aliphatic heterocycles. The number of methoxy groups -OCH3 is 1. The molecule has 3 aromatic rings. The van der Waals surface area contributed by atoms with Crippen LogP contribution in [-0.4, -0.2) is 16.7 Å². The second kappa shape index (κ2) is 5.13. The quantitative estimate of drug-likeness (QED) is 0.735. The summed E-state index contributed by atoms with van der Waals surface area (Å²) in [6, 6.07) is 14.5. The van der Waals surface area contributed by atoms with Gasteiger partial charge in [0.2, 0.25) is 0 Å². The number of ether oxygens (including phenoxy) is 1. The Hall–Kier alpha value is -2.07. The van der Waals surface area contributed by atoms with Crippen molar-refractivity contribution in [2.24, 2.45) is 0 Å². The van der Waals surface area contributed by atoms with Crippen molar-refractivity contribution in [3.8, 4) is 5.75 Å². The van der Waals surface area contributed by atoms with Crippen LogP contribution in [0.25, 0.3) is 11.0 Å². The molecule has 1 heterocycles. The molecule has 0 atom stereocenters. The van der Waals surface area contributed by atoms with Crippen LogP contribution >= 0.6 is 12.2 Å². The maximum absolute atomic E-state index is 5.42. The Kier molecular flexibility index (Phi) is 3.32. The fourth-order valence-electron chi connectivity index (χ4n) is 2.30. The van der Waals surface area contributed by atoms with Crippen LogP contribution < -0.4 is 4.74 Å². The number of fused-ring (bicyclic) bond motifs is 1. The average molecular weight is 284 g/mol. The van der Waals surface area contributed by atoms with Gasteiger partial charge in [-0.25, -0.2) is 0 Å². The maximum Gasteiger partial charge on any atom is 0.178 e. The Balaban J connectivity index is 2.05. The van der Waals surface area contributed by atoms with Gasteiger partial charge in [-0.05, 0) is 36.8 Å². The summed E-state index contributed by atoms with van der Waals surface area (Å²) >= 11 is 5.42. The van der Waals surface area contributed by atoms with Gasteiger partial charge in [-0.1, -0.05) is 29.8 Å². The lowest BCUT2D eigenvalue weighted by Gasteiger charge is -2.06. The summed E-state index contributed by atoms with van der Waals surface area (Å²) in [5.41, 5.74) is 4.60. The lowest BCUT2D eigenvalue weighted by molar-refractivity contribution is 0.415. The Morgan fingerprint density at radius 2 is 1.90 bits per heavy atom. The number of benzene rings is 2. The van der Waals surface area contributed by atoms with Gasteiger partial charge in [0.1, 0.15) is 5.75 Å². The topological polar surface area (TPSA) is 29.9 Å². The number of aromatic nitrogens is 2. The predicted molar refractivity (Wildman–Crippen MR) is 84.0 cm³/mol. The number of hydrogen-bond acceptors (Lipinski definition) is 2. The number of aryl methyl sites for hydroxylation is 1. The summed E-state index contributed by atoms with van der Waals surface area (Å²) in [7, 11) is 1.67. The van der Waals surface area contributed by atoms with Crippen LogP contribution in [0.1, 0.15) is 11.1 Å². The largest absolute Gasteiger partial charge is 0.497 e. The van der Waals surface area contributed by atoms with E-state index in [-0.39, 0.29) is 0 Å². The van der Waals surface area contributed by atoms with Crippen molar-refractivity contribution in [3.05, 3.63) is 58.4 Å². The Morgan fingerprint density at radius 3 is 2.60 bits per heavy atom. The third-order valence-electron chi connectivity index (χ3n) is 3.44. The van der Waals surface area contributed by atoms with Crippen molar-refractivity contribution in [3.63, 3.8) is 0 Å². The highest BCUT2D eigenvalue weighted by molar-refractivity contribution is 7.71. The molecule has 0 fully saturated rings. The van der Waals surface area contributed by atoms with Gasteiger partial charge >= 0.3 is 0 Å². The van der Waals surface area contributed by atoms with Crippen molar-refractivity contribution in [1.82, 2.24) is 9.55 Å². The van der Waals surface area contributed by atoms with Gasteiger partial charge in [-0.15, -0.1) is 0 Å². The van der Waals surface area contributed by atoms with Gasteiger partial charge in [-0.3, -0.25) is 0 Å². The van der Waals surface area contributed by atoms with Gasteiger partial charge in [0.15, 0.2) is 4.77 Å². The van der Waals surface area contributed by atoms with Gasteiger partial charge in [0, 0.05) is 6.07 Å². The van der Waals surface area contributed by atoms with E-state index >= 15 is 0 Å². The fourth-order valence-corrected chi connectivity index (χ4v) is 2.58. The number of nitrogens with one attached hydrogen (secondary N) is 1. The van der Waals surface area contributed by atoms with Gasteiger partial charge < -0.3 is 14.3 Å². The lowest BCUT2D eigenvalue weighted by Crippen LogP contribution is -1.99. The minimum atomic E-state index is 0.730. The molecule has 0 radical (unpaired) electrons. The minimum Gasteiger partial charge on any atom is -0.497 e. The normalized spacial score (nSPS) is 10.9. The van der Waals surface area contributed by atoms with E-state index < -0.39 is 0 Å². The molecule has 4 heteroatoms. The molecular weight excluding hydrogens is 268 g/mol. The summed E-state index contributed by atoms with van der Waals surface area (Å²) in [6.45, 7) is 2.86. The van der Waals surface area contributed by atoms with Crippen LogP contribution in [0.5, 0.6) is 5.75 Å². The van der Waals surface area contributed by atoms with Crippen molar-refractivity contribution < 1.29 is 4.74 Å². The Bertz CT molecular complexity index is 799. The molecular formula is C16H16N2OS. The first-order valence-electron chi connectivity index (χ1n) is 6.49. The smallest absolute Gasteiger partial charge is 0.178 e. The first-order chi connectivity index (χ1) is 9.67. The summed E-state index contributed by atoms with van der Waals surface area (Å²) in [5.74, 6) is 0.830. The van der Waals surface area contributed by atoms with Gasteiger partial charge in [0.05, 0.1) is 24.7 Å². The number of imidazole rings is 1. The van der Waals surface area contributed by atoms with Gasteiger partial charge in [0.25, 0.3) is 0 Å². The molecule has 3 nitrogen and oxygen atoms in total. The molecule has 102 valence electrons. The van der Waals surface area contributed by atoms with E-state index in [1.165, 1.54) is 11.1 Å².